The highest BCUT2D eigenvalue weighted by Gasteiger charge is 2.26. The van der Waals surface area contributed by atoms with Crippen molar-refractivity contribution in [1.29, 1.82) is 0 Å². The topological polar surface area (TPSA) is 70.5 Å². The Morgan fingerprint density at radius 3 is 2.44 bits per heavy atom. The molecule has 1 heterocycles. The van der Waals surface area contributed by atoms with E-state index >= 15 is 0 Å². The van der Waals surface area contributed by atoms with Gasteiger partial charge in [0.2, 0.25) is 0 Å². The molecule has 0 aliphatic rings. The fourth-order valence-electron chi connectivity index (χ4n) is 1.86. The molecule has 0 bridgehead atoms. The molecule has 1 N–H and O–H groups in total. The van der Waals surface area contributed by atoms with Crippen molar-refractivity contribution in [2.75, 3.05) is 7.05 Å². The number of carbonyl (C=O) groups is 2. The molecule has 0 saturated heterocycles. The van der Waals surface area contributed by atoms with Crippen LogP contribution in [0.2, 0.25) is 0 Å². The van der Waals surface area contributed by atoms with Crippen LogP contribution in [0.5, 0.6) is 0 Å². The zero-order valence-electron chi connectivity index (χ0n) is 11.1. The van der Waals surface area contributed by atoms with Gasteiger partial charge < -0.3 is 10.0 Å². The van der Waals surface area contributed by atoms with Crippen LogP contribution in [0.1, 0.15) is 35.1 Å². The van der Waals surface area contributed by atoms with Gasteiger partial charge in [-0.1, -0.05) is 6.92 Å². The average molecular weight is 250 g/mol. The maximum Gasteiger partial charge on any atom is 0.326 e. The van der Waals surface area contributed by atoms with E-state index in [-0.39, 0.29) is 5.91 Å². The van der Waals surface area contributed by atoms with Gasteiger partial charge >= 0.3 is 5.97 Å². The summed E-state index contributed by atoms with van der Waals surface area (Å²) in [7, 11) is 1.50. The highest BCUT2D eigenvalue weighted by Crippen LogP contribution is 2.12. The molecule has 0 aliphatic heterocycles. The second kappa shape index (κ2) is 5.62. The molecule has 98 valence electrons. The van der Waals surface area contributed by atoms with Crippen LogP contribution < -0.4 is 0 Å². The summed E-state index contributed by atoms with van der Waals surface area (Å²) in [5.74, 6) is -1.31. The van der Waals surface area contributed by atoms with E-state index in [4.69, 9.17) is 5.11 Å². The summed E-state index contributed by atoms with van der Waals surface area (Å²) in [5.41, 5.74) is 1.90. The monoisotopic (exact) mass is 250 g/mol. The minimum absolute atomic E-state index is 0.311. The van der Waals surface area contributed by atoms with Crippen LogP contribution in [0.3, 0.4) is 0 Å². The Morgan fingerprint density at radius 2 is 2.00 bits per heavy atom. The molecule has 0 aliphatic carbocycles. The zero-order valence-corrected chi connectivity index (χ0v) is 11.1. The van der Waals surface area contributed by atoms with Crippen LogP contribution in [0.15, 0.2) is 12.1 Å². The molecule has 0 saturated carbocycles. The quantitative estimate of drug-likeness (QED) is 0.881. The van der Waals surface area contributed by atoms with Crippen molar-refractivity contribution in [2.24, 2.45) is 0 Å². The largest absolute Gasteiger partial charge is 0.480 e. The van der Waals surface area contributed by atoms with Crippen molar-refractivity contribution < 1.29 is 14.7 Å². The van der Waals surface area contributed by atoms with Gasteiger partial charge in [0.25, 0.3) is 5.91 Å². The van der Waals surface area contributed by atoms with E-state index in [2.05, 4.69) is 4.98 Å². The number of hydrogen-bond donors (Lipinski definition) is 1. The molecule has 1 aromatic heterocycles. The number of carbonyl (C=O) groups excluding carboxylic acids is 1. The van der Waals surface area contributed by atoms with E-state index in [9.17, 15) is 9.59 Å². The van der Waals surface area contributed by atoms with Crippen LogP contribution >= 0.6 is 0 Å². The summed E-state index contributed by atoms with van der Waals surface area (Å²) in [6.07, 6.45) is 0.371. The van der Waals surface area contributed by atoms with Gasteiger partial charge in [0.1, 0.15) is 6.04 Å². The normalized spacial score (nSPS) is 12.0. The van der Waals surface area contributed by atoms with Gasteiger partial charge in [-0.25, -0.2) is 4.79 Å². The summed E-state index contributed by atoms with van der Waals surface area (Å²) in [5, 5.41) is 9.04. The first-order chi connectivity index (χ1) is 8.38. The second-order valence-corrected chi connectivity index (χ2v) is 4.26. The molecule has 0 radical (unpaired) electrons. The van der Waals surface area contributed by atoms with Crippen LogP contribution in [-0.4, -0.2) is 40.0 Å². The maximum absolute atomic E-state index is 12.2. The molecular weight excluding hydrogens is 232 g/mol. The number of carboxylic acid groups (broad SMARTS) is 1. The predicted molar refractivity (Wildman–Crippen MR) is 67.5 cm³/mol. The van der Waals surface area contributed by atoms with E-state index in [0.29, 0.717) is 17.7 Å². The molecule has 1 rings (SSSR count). The number of rotatable bonds is 4. The Bertz CT molecular complexity index is 471. The smallest absolute Gasteiger partial charge is 0.326 e. The van der Waals surface area contributed by atoms with Crippen LogP contribution in [-0.2, 0) is 4.79 Å². The van der Waals surface area contributed by atoms with Crippen molar-refractivity contribution in [2.45, 2.75) is 33.2 Å². The molecule has 0 fully saturated rings. The lowest BCUT2D eigenvalue weighted by atomic mass is 10.1. The highest BCUT2D eigenvalue weighted by atomic mass is 16.4. The van der Waals surface area contributed by atoms with Gasteiger partial charge in [-0.2, -0.15) is 0 Å². The summed E-state index contributed by atoms with van der Waals surface area (Å²) in [6, 6.07) is 2.62. The molecule has 1 atom stereocenters. The maximum atomic E-state index is 12.2. The number of pyridine rings is 1. The first kappa shape index (κ1) is 14.2. The first-order valence-electron chi connectivity index (χ1n) is 5.82. The molecule has 5 heteroatoms. The van der Waals surface area contributed by atoms with Crippen molar-refractivity contribution in [3.63, 3.8) is 0 Å². The highest BCUT2D eigenvalue weighted by molar-refractivity contribution is 5.97. The second-order valence-electron chi connectivity index (χ2n) is 4.26. The lowest BCUT2D eigenvalue weighted by Crippen LogP contribution is -2.42. The Hall–Kier alpha value is -1.91. The Labute approximate surface area is 106 Å². The lowest BCUT2D eigenvalue weighted by molar-refractivity contribution is -0.142. The van der Waals surface area contributed by atoms with E-state index in [1.165, 1.54) is 11.9 Å². The third-order valence-electron chi connectivity index (χ3n) is 2.92. The van der Waals surface area contributed by atoms with Gasteiger partial charge in [0.05, 0.1) is 11.3 Å². The molecule has 0 aromatic carbocycles. The number of aromatic nitrogens is 1. The van der Waals surface area contributed by atoms with E-state index < -0.39 is 12.0 Å². The molecule has 0 spiro atoms. The molecule has 1 aromatic rings. The number of hydrogen-bond acceptors (Lipinski definition) is 3. The molecule has 5 nitrogen and oxygen atoms in total. The van der Waals surface area contributed by atoms with Gasteiger partial charge in [0.15, 0.2) is 0 Å². The molecule has 18 heavy (non-hydrogen) atoms. The number of nitrogens with zero attached hydrogens (tertiary/aromatic N) is 2. The van der Waals surface area contributed by atoms with Crippen molar-refractivity contribution in [1.82, 2.24) is 9.88 Å². The fraction of sp³-hybridized carbons (Fsp3) is 0.462. The number of carboxylic acids is 1. The van der Waals surface area contributed by atoms with E-state index in [1.54, 1.807) is 26.0 Å². The number of aryl methyl sites for hydroxylation is 2. The first-order valence-corrected chi connectivity index (χ1v) is 5.82. The van der Waals surface area contributed by atoms with Crippen molar-refractivity contribution in [3.05, 3.63) is 29.1 Å². The van der Waals surface area contributed by atoms with Gasteiger partial charge in [-0.05, 0) is 32.4 Å². The Morgan fingerprint density at radius 1 is 1.39 bits per heavy atom. The fourth-order valence-corrected chi connectivity index (χ4v) is 1.86. The SMILES string of the molecule is CCC(C(=O)O)N(C)C(=O)c1ccc(C)nc1C. The lowest BCUT2D eigenvalue weighted by Gasteiger charge is -2.24. The van der Waals surface area contributed by atoms with Crippen LogP contribution in [0.4, 0.5) is 0 Å². The number of aliphatic carboxylic acids is 1. The summed E-state index contributed by atoms with van der Waals surface area (Å²) >= 11 is 0. The predicted octanol–water partition coefficient (Wildman–Crippen LogP) is 1.63. The standard InChI is InChI=1S/C13H18N2O3/c1-5-11(13(17)18)15(4)12(16)10-7-6-8(2)14-9(10)3/h6-7,11H,5H2,1-4H3,(H,17,18). The third kappa shape index (κ3) is 2.85. The minimum atomic E-state index is -0.994. The number of likely N-dealkylation sites (N-methyl/N-ethyl adjacent to an activating group) is 1. The minimum Gasteiger partial charge on any atom is -0.480 e. The van der Waals surface area contributed by atoms with E-state index in [1.807, 2.05) is 6.92 Å². The Kier molecular flexibility index (Phi) is 4.42. The van der Waals surface area contributed by atoms with Crippen molar-refractivity contribution >= 4 is 11.9 Å². The zero-order chi connectivity index (χ0) is 13.9. The van der Waals surface area contributed by atoms with Crippen LogP contribution in [0.25, 0.3) is 0 Å². The number of amides is 1. The molecule has 1 unspecified atom stereocenters. The Balaban J connectivity index is 3.02. The van der Waals surface area contributed by atoms with Gasteiger partial charge in [-0.15, -0.1) is 0 Å². The van der Waals surface area contributed by atoms with Crippen molar-refractivity contribution in [3.8, 4) is 0 Å². The molecular formula is C13H18N2O3. The average Bonchev–Trinajstić information content (AvgIpc) is 2.28. The van der Waals surface area contributed by atoms with Gasteiger partial charge in [-0.3, -0.25) is 9.78 Å². The summed E-state index contributed by atoms with van der Waals surface area (Å²) in [4.78, 5) is 28.7. The van der Waals surface area contributed by atoms with Crippen LogP contribution in [0, 0.1) is 13.8 Å². The van der Waals surface area contributed by atoms with E-state index in [0.717, 1.165) is 5.69 Å². The summed E-state index contributed by atoms with van der Waals surface area (Å²) in [6.45, 7) is 5.33. The third-order valence-corrected chi connectivity index (χ3v) is 2.92. The summed E-state index contributed by atoms with van der Waals surface area (Å²) < 4.78 is 0. The van der Waals surface area contributed by atoms with Gasteiger partial charge in [0, 0.05) is 12.7 Å². The molecule has 1 amide bonds.